The summed E-state index contributed by atoms with van der Waals surface area (Å²) in [5, 5.41) is 0. The van der Waals surface area contributed by atoms with Gasteiger partial charge in [0.1, 0.15) is 8.24 Å². The van der Waals surface area contributed by atoms with E-state index in [1.165, 1.54) is 0 Å². The smallest absolute Gasteiger partial charge is 0.118 e. The first-order valence-corrected chi connectivity index (χ1v) is 6.30. The van der Waals surface area contributed by atoms with Crippen molar-refractivity contribution >= 4 is 8.24 Å². The lowest BCUT2D eigenvalue weighted by molar-refractivity contribution is 0.193. The van der Waals surface area contributed by atoms with Crippen molar-refractivity contribution in [2.24, 2.45) is 0 Å². The fourth-order valence-electron chi connectivity index (χ4n) is 0.289. The van der Waals surface area contributed by atoms with E-state index in [4.69, 9.17) is 4.74 Å². The molecule has 0 aliphatic rings. The molecule has 0 spiro atoms. The molecule has 0 aliphatic heterocycles. The minimum Gasteiger partial charge on any atom is -0.370 e. The summed E-state index contributed by atoms with van der Waals surface area (Å²) in [6.07, 6.45) is 0. The van der Waals surface area contributed by atoms with E-state index in [-0.39, 0.29) is 0 Å². The molecule has 0 heterocycles. The highest BCUT2D eigenvalue weighted by Gasteiger charge is 2.09. The van der Waals surface area contributed by atoms with Gasteiger partial charge in [-0.2, -0.15) is 0 Å². The zero-order chi connectivity index (χ0) is 6.62. The number of ether oxygens (including phenoxy) is 1. The summed E-state index contributed by atoms with van der Waals surface area (Å²) in [7, 11) is 0.648. The van der Waals surface area contributed by atoms with Crippen LogP contribution in [0.15, 0.2) is 0 Å². The molecule has 0 aliphatic carbocycles. The third kappa shape index (κ3) is 6.14. The first kappa shape index (κ1) is 8.14. The van der Waals surface area contributed by atoms with Gasteiger partial charge in [0.25, 0.3) is 0 Å². The monoisotopic (exact) mass is 133 g/mol. The number of methoxy groups -OCH3 is 1. The number of nitrogens with one attached hydrogen (secondary N) is 1. The van der Waals surface area contributed by atoms with Gasteiger partial charge in [0.2, 0.25) is 0 Å². The molecule has 0 rings (SSSR count). The van der Waals surface area contributed by atoms with Crippen molar-refractivity contribution < 1.29 is 4.74 Å². The highest BCUT2D eigenvalue weighted by molar-refractivity contribution is 6.73. The third-order valence-corrected chi connectivity index (χ3v) is 1.95. The van der Waals surface area contributed by atoms with Crippen LogP contribution in [0.25, 0.3) is 0 Å². The van der Waals surface area contributed by atoms with Crippen molar-refractivity contribution in [1.82, 2.24) is 4.98 Å². The Bertz CT molecular complexity index is 59.9. The minimum absolute atomic E-state index is 0.690. The van der Waals surface area contributed by atoms with E-state index in [0.29, 0.717) is 6.73 Å². The second-order valence-electron chi connectivity index (χ2n) is 2.86. The maximum atomic E-state index is 4.84. The van der Waals surface area contributed by atoms with Gasteiger partial charge in [0.15, 0.2) is 0 Å². The first-order chi connectivity index (χ1) is 3.56. The standard InChI is InChI=1S/C5H15NOSi/c1-7-5-6-8(2,3)4/h6H,5H2,1-4H3. The average molecular weight is 133 g/mol. The van der Waals surface area contributed by atoms with E-state index in [0.717, 1.165) is 0 Å². The van der Waals surface area contributed by atoms with E-state index in [1.807, 2.05) is 0 Å². The first-order valence-electron chi connectivity index (χ1n) is 2.80. The molecule has 0 amide bonds. The molecule has 50 valence electrons. The molecule has 2 nitrogen and oxygen atoms in total. The quantitative estimate of drug-likeness (QED) is 0.458. The Balaban J connectivity index is 3.11. The van der Waals surface area contributed by atoms with Gasteiger partial charge in [-0.25, -0.2) is 0 Å². The van der Waals surface area contributed by atoms with E-state index in [2.05, 4.69) is 24.6 Å². The average Bonchev–Trinajstić information content (AvgIpc) is 1.59. The summed E-state index contributed by atoms with van der Waals surface area (Å²) in [4.78, 5) is 3.29. The normalized spacial score (nSPS) is 12.0. The van der Waals surface area contributed by atoms with Crippen LogP contribution >= 0.6 is 0 Å². The van der Waals surface area contributed by atoms with Gasteiger partial charge < -0.3 is 9.72 Å². The predicted octanol–water partition coefficient (Wildman–Crippen LogP) is 1.01. The van der Waals surface area contributed by atoms with Crippen LogP contribution in [0.3, 0.4) is 0 Å². The fraction of sp³-hybridized carbons (Fsp3) is 1.00. The summed E-state index contributed by atoms with van der Waals surface area (Å²) in [6.45, 7) is 7.42. The molecular formula is C5H15NOSi. The van der Waals surface area contributed by atoms with Gasteiger partial charge in [-0.3, -0.25) is 0 Å². The Morgan fingerprint density at radius 1 is 1.38 bits per heavy atom. The summed E-state index contributed by atoms with van der Waals surface area (Å²) in [5.74, 6) is 0. The van der Waals surface area contributed by atoms with E-state index < -0.39 is 8.24 Å². The van der Waals surface area contributed by atoms with Crippen LogP contribution in [0, 0.1) is 0 Å². The molecule has 0 unspecified atom stereocenters. The van der Waals surface area contributed by atoms with Crippen LogP contribution < -0.4 is 4.98 Å². The molecule has 0 fully saturated rings. The van der Waals surface area contributed by atoms with Crippen LogP contribution in [-0.4, -0.2) is 22.1 Å². The van der Waals surface area contributed by atoms with Gasteiger partial charge in [0, 0.05) is 7.11 Å². The lowest BCUT2D eigenvalue weighted by Crippen LogP contribution is -2.42. The molecule has 0 bridgehead atoms. The predicted molar refractivity (Wildman–Crippen MR) is 38.4 cm³/mol. The number of hydrogen-bond acceptors (Lipinski definition) is 2. The summed E-state index contributed by atoms with van der Waals surface area (Å²) >= 11 is 0. The molecule has 0 atom stereocenters. The SMILES string of the molecule is COCN[Si](C)(C)C. The van der Waals surface area contributed by atoms with Crippen molar-refractivity contribution in [2.75, 3.05) is 13.8 Å². The zero-order valence-electron chi connectivity index (χ0n) is 6.12. The molecule has 0 saturated carbocycles. The van der Waals surface area contributed by atoms with Crippen LogP contribution in [0.1, 0.15) is 0 Å². The molecule has 0 saturated heterocycles. The third-order valence-electron chi connectivity index (χ3n) is 0.747. The van der Waals surface area contributed by atoms with Crippen LogP contribution in [0.5, 0.6) is 0 Å². The van der Waals surface area contributed by atoms with Gasteiger partial charge >= 0.3 is 0 Å². The molecule has 0 aromatic rings. The molecule has 0 aromatic carbocycles. The maximum absolute atomic E-state index is 4.84. The molecule has 3 heteroatoms. The lowest BCUT2D eigenvalue weighted by atomic mass is 11.3. The second-order valence-corrected chi connectivity index (χ2v) is 7.71. The molecular weight excluding hydrogens is 118 g/mol. The van der Waals surface area contributed by atoms with Crippen molar-refractivity contribution in [3.8, 4) is 0 Å². The van der Waals surface area contributed by atoms with Crippen molar-refractivity contribution in [1.29, 1.82) is 0 Å². The van der Waals surface area contributed by atoms with E-state index in [1.54, 1.807) is 7.11 Å². The van der Waals surface area contributed by atoms with Crippen LogP contribution in [-0.2, 0) is 4.74 Å². The second kappa shape index (κ2) is 3.22. The van der Waals surface area contributed by atoms with Crippen LogP contribution in [0.2, 0.25) is 19.6 Å². The van der Waals surface area contributed by atoms with Gasteiger partial charge in [0.05, 0.1) is 6.73 Å². The molecule has 0 radical (unpaired) electrons. The number of hydrogen-bond donors (Lipinski definition) is 1. The highest BCUT2D eigenvalue weighted by Crippen LogP contribution is 1.91. The summed E-state index contributed by atoms with van der Waals surface area (Å²) in [6, 6.07) is 0. The molecule has 0 aromatic heterocycles. The fourth-order valence-corrected chi connectivity index (χ4v) is 0.866. The van der Waals surface area contributed by atoms with Crippen LogP contribution in [0.4, 0.5) is 0 Å². The topological polar surface area (TPSA) is 21.3 Å². The molecule has 1 N–H and O–H groups in total. The Labute approximate surface area is 52.3 Å². The number of rotatable bonds is 3. The summed E-state index contributed by atoms with van der Waals surface area (Å²) in [5.41, 5.74) is 0. The Morgan fingerprint density at radius 2 is 1.88 bits per heavy atom. The Hall–Kier alpha value is 0.137. The highest BCUT2D eigenvalue weighted by atomic mass is 28.3. The van der Waals surface area contributed by atoms with Crippen molar-refractivity contribution in [3.63, 3.8) is 0 Å². The van der Waals surface area contributed by atoms with Gasteiger partial charge in [-0.1, -0.05) is 19.6 Å². The van der Waals surface area contributed by atoms with E-state index in [9.17, 15) is 0 Å². The zero-order valence-corrected chi connectivity index (χ0v) is 7.12. The largest absolute Gasteiger partial charge is 0.370 e. The van der Waals surface area contributed by atoms with E-state index >= 15 is 0 Å². The molecule has 8 heavy (non-hydrogen) atoms. The Kier molecular flexibility index (Phi) is 3.27. The Morgan fingerprint density at radius 3 is 2.00 bits per heavy atom. The summed E-state index contributed by atoms with van der Waals surface area (Å²) < 4.78 is 4.84. The maximum Gasteiger partial charge on any atom is 0.118 e. The van der Waals surface area contributed by atoms with Crippen molar-refractivity contribution in [3.05, 3.63) is 0 Å². The lowest BCUT2D eigenvalue weighted by Gasteiger charge is -2.16. The minimum atomic E-state index is -1.05. The van der Waals surface area contributed by atoms with Gasteiger partial charge in [-0.15, -0.1) is 0 Å². The van der Waals surface area contributed by atoms with Crippen molar-refractivity contribution in [2.45, 2.75) is 19.6 Å². The van der Waals surface area contributed by atoms with Gasteiger partial charge in [-0.05, 0) is 0 Å².